The van der Waals surface area contributed by atoms with Gasteiger partial charge in [-0.05, 0) is 61.2 Å². The van der Waals surface area contributed by atoms with E-state index in [1.165, 1.54) is 17.3 Å². The maximum absolute atomic E-state index is 11.1. The third-order valence-electron chi connectivity index (χ3n) is 4.68. The summed E-state index contributed by atoms with van der Waals surface area (Å²) < 4.78 is 5.72. The largest absolute Gasteiger partial charge is 0.439 e. The van der Waals surface area contributed by atoms with E-state index in [2.05, 4.69) is 53.6 Å². The van der Waals surface area contributed by atoms with E-state index >= 15 is 0 Å². The standard InChI is InChI=1S/C24H27N3O2/c1-18(16-26-14-13-19-5-3-2-4-6-19)15-20-7-10-22(11-8-20)29-23-12-9-21(17-27-23)24(25)28/h2-12,17-18,26H,13-16H2,1H3,(H2,25,28). The summed E-state index contributed by atoms with van der Waals surface area (Å²) in [6.45, 7) is 4.23. The van der Waals surface area contributed by atoms with Crippen LogP contribution >= 0.6 is 0 Å². The van der Waals surface area contributed by atoms with Crippen LogP contribution in [-0.4, -0.2) is 24.0 Å². The Labute approximate surface area is 171 Å². The van der Waals surface area contributed by atoms with Crippen molar-refractivity contribution in [3.63, 3.8) is 0 Å². The normalized spacial score (nSPS) is 11.8. The predicted octanol–water partition coefficient (Wildman–Crippen LogP) is 3.98. The van der Waals surface area contributed by atoms with Gasteiger partial charge in [0.25, 0.3) is 0 Å². The smallest absolute Gasteiger partial charge is 0.250 e. The van der Waals surface area contributed by atoms with Crippen LogP contribution in [0.4, 0.5) is 0 Å². The van der Waals surface area contributed by atoms with Crippen molar-refractivity contribution in [1.29, 1.82) is 0 Å². The van der Waals surface area contributed by atoms with E-state index in [-0.39, 0.29) is 0 Å². The van der Waals surface area contributed by atoms with E-state index in [0.717, 1.165) is 25.9 Å². The monoisotopic (exact) mass is 389 g/mol. The second kappa shape index (κ2) is 10.4. The van der Waals surface area contributed by atoms with Crippen molar-refractivity contribution < 1.29 is 9.53 Å². The number of primary amides is 1. The van der Waals surface area contributed by atoms with Crippen molar-refractivity contribution in [3.8, 4) is 11.6 Å². The molecule has 1 amide bonds. The minimum atomic E-state index is -0.503. The zero-order valence-corrected chi connectivity index (χ0v) is 16.7. The van der Waals surface area contributed by atoms with E-state index in [4.69, 9.17) is 10.5 Å². The predicted molar refractivity (Wildman–Crippen MR) is 115 cm³/mol. The molecule has 0 saturated carbocycles. The van der Waals surface area contributed by atoms with E-state index in [9.17, 15) is 4.79 Å². The molecule has 1 heterocycles. The number of pyridine rings is 1. The topological polar surface area (TPSA) is 77.2 Å². The number of aromatic nitrogens is 1. The summed E-state index contributed by atoms with van der Waals surface area (Å²) in [7, 11) is 0. The second-order valence-corrected chi connectivity index (χ2v) is 7.24. The third-order valence-corrected chi connectivity index (χ3v) is 4.68. The Bertz CT molecular complexity index is 894. The number of carbonyl (C=O) groups excluding carboxylic acids is 1. The second-order valence-electron chi connectivity index (χ2n) is 7.24. The van der Waals surface area contributed by atoms with Gasteiger partial charge in [0, 0.05) is 12.3 Å². The van der Waals surface area contributed by atoms with Gasteiger partial charge >= 0.3 is 0 Å². The molecular formula is C24H27N3O2. The van der Waals surface area contributed by atoms with Gasteiger partial charge in [0.1, 0.15) is 5.75 Å². The Morgan fingerprint density at radius 3 is 2.45 bits per heavy atom. The zero-order valence-electron chi connectivity index (χ0n) is 16.7. The summed E-state index contributed by atoms with van der Waals surface area (Å²) in [4.78, 5) is 15.2. The summed E-state index contributed by atoms with van der Waals surface area (Å²) in [5, 5.41) is 3.54. The minimum Gasteiger partial charge on any atom is -0.439 e. The average Bonchev–Trinajstić information content (AvgIpc) is 2.74. The molecule has 0 aliphatic rings. The van der Waals surface area contributed by atoms with Crippen LogP contribution in [0.5, 0.6) is 11.6 Å². The van der Waals surface area contributed by atoms with Gasteiger partial charge in [-0.2, -0.15) is 0 Å². The molecule has 5 nitrogen and oxygen atoms in total. The molecule has 0 saturated heterocycles. The lowest BCUT2D eigenvalue weighted by molar-refractivity contribution is 0.1000. The van der Waals surface area contributed by atoms with Crippen LogP contribution in [0, 0.1) is 5.92 Å². The molecule has 0 aliphatic carbocycles. The molecule has 1 aromatic heterocycles. The molecule has 0 fully saturated rings. The van der Waals surface area contributed by atoms with Crippen molar-refractivity contribution in [2.24, 2.45) is 11.7 Å². The first-order valence-electron chi connectivity index (χ1n) is 9.87. The molecule has 3 rings (SSSR count). The van der Waals surface area contributed by atoms with Crippen molar-refractivity contribution >= 4 is 5.91 Å². The highest BCUT2D eigenvalue weighted by molar-refractivity contribution is 5.92. The number of benzene rings is 2. The van der Waals surface area contributed by atoms with Crippen LogP contribution < -0.4 is 15.8 Å². The molecule has 150 valence electrons. The summed E-state index contributed by atoms with van der Waals surface area (Å²) in [6.07, 6.45) is 3.47. The van der Waals surface area contributed by atoms with E-state index in [1.807, 2.05) is 18.2 Å². The summed E-state index contributed by atoms with van der Waals surface area (Å²) in [6, 6.07) is 21.8. The van der Waals surface area contributed by atoms with Crippen LogP contribution in [-0.2, 0) is 12.8 Å². The highest BCUT2D eigenvalue weighted by Crippen LogP contribution is 2.21. The molecule has 5 heteroatoms. The number of rotatable bonds is 10. The molecule has 1 unspecified atom stereocenters. The Balaban J connectivity index is 1.41. The van der Waals surface area contributed by atoms with Crippen molar-refractivity contribution in [2.45, 2.75) is 19.8 Å². The Kier molecular flexibility index (Phi) is 7.36. The molecule has 0 bridgehead atoms. The SMILES string of the molecule is CC(CNCCc1ccccc1)Cc1ccc(Oc2ccc(C(N)=O)cn2)cc1. The fraction of sp³-hybridized carbons (Fsp3) is 0.250. The number of carbonyl (C=O) groups is 1. The number of hydrogen-bond donors (Lipinski definition) is 2. The number of amides is 1. The molecule has 0 aliphatic heterocycles. The highest BCUT2D eigenvalue weighted by Gasteiger charge is 2.06. The fourth-order valence-corrected chi connectivity index (χ4v) is 3.10. The molecule has 2 aromatic carbocycles. The number of nitrogens with two attached hydrogens (primary N) is 1. The maximum Gasteiger partial charge on any atom is 0.250 e. The minimum absolute atomic E-state index is 0.360. The van der Waals surface area contributed by atoms with Gasteiger partial charge < -0.3 is 15.8 Å². The Hall–Kier alpha value is -3.18. The summed E-state index contributed by atoms with van der Waals surface area (Å²) >= 11 is 0. The molecule has 3 N–H and O–H groups in total. The van der Waals surface area contributed by atoms with Gasteiger partial charge in [0.05, 0.1) is 5.56 Å². The molecule has 29 heavy (non-hydrogen) atoms. The molecule has 0 radical (unpaired) electrons. The lowest BCUT2D eigenvalue weighted by Gasteiger charge is -2.13. The van der Waals surface area contributed by atoms with Crippen LogP contribution in [0.15, 0.2) is 72.9 Å². The molecule has 0 spiro atoms. The third kappa shape index (κ3) is 6.73. The van der Waals surface area contributed by atoms with E-state index in [0.29, 0.717) is 23.1 Å². The van der Waals surface area contributed by atoms with Crippen molar-refractivity contribution in [2.75, 3.05) is 13.1 Å². The fourth-order valence-electron chi connectivity index (χ4n) is 3.10. The van der Waals surface area contributed by atoms with Crippen molar-refractivity contribution in [1.82, 2.24) is 10.3 Å². The van der Waals surface area contributed by atoms with Crippen LogP contribution in [0.2, 0.25) is 0 Å². The Morgan fingerprint density at radius 2 is 1.79 bits per heavy atom. The van der Waals surface area contributed by atoms with Gasteiger partial charge in [-0.1, -0.05) is 49.4 Å². The van der Waals surface area contributed by atoms with E-state index in [1.54, 1.807) is 12.1 Å². The van der Waals surface area contributed by atoms with Gasteiger partial charge in [-0.25, -0.2) is 4.98 Å². The summed E-state index contributed by atoms with van der Waals surface area (Å²) in [5.41, 5.74) is 8.21. The van der Waals surface area contributed by atoms with Crippen LogP contribution in [0.25, 0.3) is 0 Å². The first kappa shape index (κ1) is 20.6. The highest BCUT2D eigenvalue weighted by atomic mass is 16.5. The van der Waals surface area contributed by atoms with Crippen molar-refractivity contribution in [3.05, 3.63) is 89.6 Å². The zero-order chi connectivity index (χ0) is 20.5. The number of ether oxygens (including phenoxy) is 1. The average molecular weight is 389 g/mol. The lowest BCUT2D eigenvalue weighted by Crippen LogP contribution is -2.24. The van der Waals surface area contributed by atoms with Crippen LogP contribution in [0.3, 0.4) is 0 Å². The molecule has 3 aromatic rings. The van der Waals surface area contributed by atoms with E-state index < -0.39 is 5.91 Å². The number of nitrogens with one attached hydrogen (secondary N) is 1. The summed E-state index contributed by atoms with van der Waals surface area (Å²) in [5.74, 6) is 1.18. The quantitative estimate of drug-likeness (QED) is 0.514. The van der Waals surface area contributed by atoms with Gasteiger partial charge in [0.15, 0.2) is 0 Å². The molecular weight excluding hydrogens is 362 g/mol. The first-order chi connectivity index (χ1) is 14.1. The Morgan fingerprint density at radius 1 is 1.03 bits per heavy atom. The number of hydrogen-bond acceptors (Lipinski definition) is 4. The molecule has 1 atom stereocenters. The van der Waals surface area contributed by atoms with Gasteiger partial charge in [0.2, 0.25) is 11.8 Å². The first-order valence-corrected chi connectivity index (χ1v) is 9.87. The lowest BCUT2D eigenvalue weighted by atomic mass is 10.0. The number of nitrogens with zero attached hydrogens (tertiary/aromatic N) is 1. The maximum atomic E-state index is 11.1. The van der Waals surface area contributed by atoms with Crippen LogP contribution in [0.1, 0.15) is 28.4 Å². The van der Waals surface area contributed by atoms with Gasteiger partial charge in [-0.15, -0.1) is 0 Å². The van der Waals surface area contributed by atoms with Gasteiger partial charge in [-0.3, -0.25) is 4.79 Å².